The van der Waals surface area contributed by atoms with Gasteiger partial charge in [-0.25, -0.2) is 0 Å². The number of Topliss-reactive ketones (excluding diaryl/α,β-unsaturated/α-hetero) is 1. The van der Waals surface area contributed by atoms with Crippen LogP contribution in [-0.4, -0.2) is 41.3 Å². The Morgan fingerprint density at radius 2 is 1.97 bits per heavy atom. The molecule has 1 aromatic carbocycles. The van der Waals surface area contributed by atoms with Crippen LogP contribution >= 0.6 is 9.47 Å². The number of hydrogen-bond acceptors (Lipinski definition) is 7. The van der Waals surface area contributed by atoms with Crippen molar-refractivity contribution in [1.82, 2.24) is 10.1 Å². The van der Waals surface area contributed by atoms with Gasteiger partial charge in [0.1, 0.15) is 12.2 Å². The minimum atomic E-state index is -1.66. The van der Waals surface area contributed by atoms with Crippen LogP contribution in [0.1, 0.15) is 34.6 Å². The van der Waals surface area contributed by atoms with Crippen LogP contribution in [0.5, 0.6) is 5.88 Å². The van der Waals surface area contributed by atoms with Gasteiger partial charge in [0.25, 0.3) is 5.88 Å². The molecule has 0 saturated carbocycles. The van der Waals surface area contributed by atoms with E-state index >= 15 is 0 Å². The summed E-state index contributed by atoms with van der Waals surface area (Å²) in [6.45, 7) is 2.19. The van der Waals surface area contributed by atoms with E-state index in [1.807, 2.05) is 62.3 Å². The number of rotatable bonds is 5. The second kappa shape index (κ2) is 7.48. The van der Waals surface area contributed by atoms with E-state index in [0.717, 1.165) is 5.56 Å². The van der Waals surface area contributed by atoms with Crippen LogP contribution in [0, 0.1) is 11.8 Å². The summed E-state index contributed by atoms with van der Waals surface area (Å²) in [6.07, 6.45) is 3.24. The van der Waals surface area contributed by atoms with Crippen LogP contribution in [-0.2, 0) is 15.9 Å². The second-order valence-electron chi connectivity index (χ2n) is 7.70. The summed E-state index contributed by atoms with van der Waals surface area (Å²) in [5.41, 5.74) is -0.553. The Hall–Kier alpha value is -2.34. The van der Waals surface area contributed by atoms with Gasteiger partial charge in [0, 0.05) is 15.4 Å². The molecule has 7 nitrogen and oxygen atoms in total. The Balaban J connectivity index is 1.81. The number of nitrogens with zero attached hydrogens (tertiary/aromatic N) is 2. The molecule has 0 radical (unpaired) electrons. The molecule has 2 aliphatic rings. The fourth-order valence-corrected chi connectivity index (χ4v) is 4.79. The molecule has 152 valence electrons. The third-order valence-corrected chi connectivity index (χ3v) is 6.15. The summed E-state index contributed by atoms with van der Waals surface area (Å²) in [4.78, 5) is 28.5. The van der Waals surface area contributed by atoms with Gasteiger partial charge in [0.05, 0.1) is 6.04 Å². The van der Waals surface area contributed by atoms with E-state index in [1.165, 1.54) is 6.08 Å². The highest BCUT2D eigenvalue weighted by Crippen LogP contribution is 2.53. The number of carbonyl (C=O) groups is 2. The molecule has 0 spiro atoms. The van der Waals surface area contributed by atoms with Crippen molar-refractivity contribution in [2.24, 2.45) is 11.8 Å². The third-order valence-electron chi connectivity index (χ3n) is 5.77. The summed E-state index contributed by atoms with van der Waals surface area (Å²) >= 11 is 0. The molecule has 0 saturated heterocycles. The molecule has 29 heavy (non-hydrogen) atoms. The van der Waals surface area contributed by atoms with Crippen LogP contribution < -0.4 is 4.74 Å². The normalized spacial score (nSPS) is 28.4. The SMILES string of the molecule is C[C@H]1C=CC(=O)[C@]2(OP)C(=O)c3c(OCc4ccccc4)noc3[C@@H](N(C)C)[C@H]12. The average molecular weight is 414 g/mol. The van der Waals surface area contributed by atoms with Crippen molar-refractivity contribution in [3.8, 4) is 5.88 Å². The first-order chi connectivity index (χ1) is 13.9. The van der Waals surface area contributed by atoms with Crippen LogP contribution in [0.4, 0.5) is 0 Å². The molecule has 0 N–H and O–H groups in total. The molecule has 4 rings (SSSR count). The summed E-state index contributed by atoms with van der Waals surface area (Å²) in [5.74, 6) is -0.917. The maximum atomic E-state index is 13.6. The maximum Gasteiger partial charge on any atom is 0.265 e. The molecule has 0 aliphatic heterocycles. The number of ether oxygens (including phenoxy) is 1. The van der Waals surface area contributed by atoms with Crippen LogP contribution in [0.25, 0.3) is 0 Å². The highest BCUT2D eigenvalue weighted by Gasteiger charge is 2.64. The third kappa shape index (κ3) is 2.96. The van der Waals surface area contributed by atoms with Gasteiger partial charge >= 0.3 is 0 Å². The Morgan fingerprint density at radius 1 is 1.24 bits per heavy atom. The molecule has 1 aromatic heterocycles. The number of fused-ring (bicyclic) bond motifs is 2. The molecule has 5 atom stereocenters. The summed E-state index contributed by atoms with van der Waals surface area (Å²) < 4.78 is 17.0. The monoisotopic (exact) mass is 414 g/mol. The number of aromatic nitrogens is 1. The molecule has 0 amide bonds. The van der Waals surface area contributed by atoms with Crippen molar-refractivity contribution >= 4 is 21.0 Å². The lowest BCUT2D eigenvalue weighted by Crippen LogP contribution is -2.62. The minimum absolute atomic E-state index is 0.0792. The number of carbonyl (C=O) groups excluding carboxylic acids is 2. The highest BCUT2D eigenvalue weighted by molar-refractivity contribution is 7.10. The number of hydrogen-bond donors (Lipinski definition) is 0. The molecule has 1 unspecified atom stereocenters. The van der Waals surface area contributed by atoms with Gasteiger partial charge in [-0.2, -0.15) is 0 Å². The zero-order chi connectivity index (χ0) is 20.8. The smallest absolute Gasteiger partial charge is 0.265 e. The maximum absolute atomic E-state index is 13.6. The summed E-state index contributed by atoms with van der Waals surface area (Å²) in [5, 5.41) is 4.03. The van der Waals surface area contributed by atoms with Crippen molar-refractivity contribution in [3.63, 3.8) is 0 Å². The van der Waals surface area contributed by atoms with E-state index < -0.39 is 17.3 Å². The van der Waals surface area contributed by atoms with Crippen LogP contribution in [0.2, 0.25) is 0 Å². The first kappa shape index (κ1) is 20.0. The van der Waals surface area contributed by atoms with Crippen LogP contribution in [0.3, 0.4) is 0 Å². The molecule has 0 bridgehead atoms. The van der Waals surface area contributed by atoms with E-state index in [0.29, 0.717) is 5.76 Å². The van der Waals surface area contributed by atoms with E-state index in [9.17, 15) is 9.59 Å². The van der Waals surface area contributed by atoms with Gasteiger partial charge in [-0.05, 0) is 36.8 Å². The number of allylic oxidation sites excluding steroid dienone is 1. The highest BCUT2D eigenvalue weighted by atomic mass is 31.0. The first-order valence-corrected chi connectivity index (χ1v) is 9.87. The zero-order valence-corrected chi connectivity index (χ0v) is 17.6. The fourth-order valence-electron chi connectivity index (χ4n) is 4.41. The van der Waals surface area contributed by atoms with Gasteiger partial charge in [-0.1, -0.05) is 43.3 Å². The number of ketones is 2. The summed E-state index contributed by atoms with van der Waals surface area (Å²) in [7, 11) is 5.86. The van der Waals surface area contributed by atoms with Gasteiger partial charge in [-0.3, -0.25) is 14.5 Å². The fraction of sp³-hybridized carbons (Fsp3) is 0.381. The molecule has 0 fully saturated rings. The molecule has 2 aliphatic carbocycles. The Bertz CT molecular complexity index is 971. The Labute approximate surface area is 171 Å². The van der Waals surface area contributed by atoms with Gasteiger partial charge in [0.15, 0.2) is 11.5 Å². The second-order valence-corrected chi connectivity index (χ2v) is 7.94. The van der Waals surface area contributed by atoms with E-state index in [2.05, 4.69) is 14.6 Å². The largest absolute Gasteiger partial charge is 0.470 e. The molecule has 2 aromatic rings. The van der Waals surface area contributed by atoms with Crippen molar-refractivity contribution in [3.05, 3.63) is 59.4 Å². The lowest BCUT2D eigenvalue weighted by Gasteiger charge is -2.48. The minimum Gasteiger partial charge on any atom is -0.470 e. The predicted molar refractivity (Wildman–Crippen MR) is 108 cm³/mol. The summed E-state index contributed by atoms with van der Waals surface area (Å²) in [6, 6.07) is 9.17. The molecule has 8 heteroatoms. The van der Waals surface area contributed by atoms with E-state index in [4.69, 9.17) is 13.8 Å². The number of benzene rings is 1. The van der Waals surface area contributed by atoms with Crippen molar-refractivity contribution in [2.45, 2.75) is 25.2 Å². The molecular weight excluding hydrogens is 391 g/mol. The van der Waals surface area contributed by atoms with Crippen molar-refractivity contribution < 1.29 is 23.4 Å². The first-order valence-electron chi connectivity index (χ1n) is 9.39. The standard InChI is InChI=1S/C21H23N2O5P/c1-12-9-10-14(24)21(28-29)16(12)17(23(2)3)18-15(19(21)25)20(22-27-18)26-11-13-7-5-4-6-8-13/h4-10,12,16-17H,11,29H2,1-3H3/t12-,16-,17-,21+/m0/s1. The topological polar surface area (TPSA) is 81.9 Å². The van der Waals surface area contributed by atoms with E-state index in [-0.39, 0.29) is 35.8 Å². The zero-order valence-electron chi connectivity index (χ0n) is 16.5. The predicted octanol–water partition coefficient (Wildman–Crippen LogP) is 2.99. The average Bonchev–Trinajstić information content (AvgIpc) is 3.14. The lowest BCUT2D eigenvalue weighted by atomic mass is 9.61. The van der Waals surface area contributed by atoms with Gasteiger partial charge < -0.3 is 13.8 Å². The molecular formula is C21H23N2O5P. The van der Waals surface area contributed by atoms with Gasteiger partial charge in [0.2, 0.25) is 11.4 Å². The Morgan fingerprint density at radius 3 is 2.62 bits per heavy atom. The van der Waals surface area contributed by atoms with Gasteiger partial charge in [-0.15, -0.1) is 0 Å². The quantitative estimate of drug-likeness (QED) is 0.550. The van der Waals surface area contributed by atoms with Crippen molar-refractivity contribution in [1.29, 1.82) is 0 Å². The molecule has 1 heterocycles. The van der Waals surface area contributed by atoms with Crippen molar-refractivity contribution in [2.75, 3.05) is 14.1 Å². The lowest BCUT2D eigenvalue weighted by molar-refractivity contribution is -0.134. The Kier molecular flexibility index (Phi) is 5.15. The van der Waals surface area contributed by atoms with E-state index in [1.54, 1.807) is 0 Å². The van der Waals surface area contributed by atoms with Crippen LogP contribution in [0.15, 0.2) is 47.0 Å².